The number of unbranched alkanes of at least 4 members (excludes halogenated alkanes) is 3. The molecule has 1 aliphatic heterocycles. The predicted molar refractivity (Wildman–Crippen MR) is 73.5 cm³/mol. The SMILES string of the molecule is CCCCCCC1C=C(CSc2ncn[nH]2)OC1=O. The Morgan fingerprint density at radius 1 is 1.42 bits per heavy atom. The van der Waals surface area contributed by atoms with Crippen LogP contribution in [0, 0.1) is 5.92 Å². The van der Waals surface area contributed by atoms with Crippen molar-refractivity contribution in [2.24, 2.45) is 5.92 Å². The predicted octanol–water partition coefficient (Wildman–Crippen LogP) is 2.92. The van der Waals surface area contributed by atoms with E-state index in [2.05, 4.69) is 22.1 Å². The van der Waals surface area contributed by atoms with Crippen LogP contribution >= 0.6 is 11.8 Å². The Morgan fingerprint density at radius 2 is 2.32 bits per heavy atom. The molecule has 0 fully saturated rings. The molecular formula is C13H19N3O2S. The van der Waals surface area contributed by atoms with E-state index in [1.807, 2.05) is 6.08 Å². The van der Waals surface area contributed by atoms with E-state index in [1.54, 1.807) is 0 Å². The number of rotatable bonds is 8. The number of carbonyl (C=O) groups is 1. The van der Waals surface area contributed by atoms with E-state index in [0.717, 1.165) is 23.8 Å². The molecule has 0 radical (unpaired) electrons. The van der Waals surface area contributed by atoms with Crippen LogP contribution in [-0.2, 0) is 9.53 Å². The van der Waals surface area contributed by atoms with Crippen molar-refractivity contribution in [3.63, 3.8) is 0 Å². The first-order valence-corrected chi connectivity index (χ1v) is 7.68. The third-order valence-electron chi connectivity index (χ3n) is 3.03. The van der Waals surface area contributed by atoms with Gasteiger partial charge in [-0.3, -0.25) is 9.89 Å². The molecule has 0 bridgehead atoms. The summed E-state index contributed by atoms with van der Waals surface area (Å²) >= 11 is 1.49. The lowest BCUT2D eigenvalue weighted by molar-refractivity contribution is -0.140. The van der Waals surface area contributed by atoms with Crippen LogP contribution < -0.4 is 0 Å². The van der Waals surface area contributed by atoms with Gasteiger partial charge in [-0.2, -0.15) is 5.10 Å². The Labute approximate surface area is 117 Å². The van der Waals surface area contributed by atoms with Gasteiger partial charge in [-0.05, 0) is 12.5 Å². The monoisotopic (exact) mass is 281 g/mol. The average molecular weight is 281 g/mol. The van der Waals surface area contributed by atoms with E-state index >= 15 is 0 Å². The molecule has 19 heavy (non-hydrogen) atoms. The molecule has 2 heterocycles. The second-order valence-corrected chi connectivity index (χ2v) is 5.55. The number of cyclic esters (lactones) is 1. The standard InChI is InChI=1S/C13H19N3O2S/c1-2-3-4-5-6-10-7-11(18-12(10)17)8-19-13-14-9-15-16-13/h7,9-10H,2-6,8H2,1H3,(H,14,15,16). The van der Waals surface area contributed by atoms with Crippen molar-refractivity contribution in [1.82, 2.24) is 15.2 Å². The minimum atomic E-state index is -0.107. The number of hydrogen-bond donors (Lipinski definition) is 1. The summed E-state index contributed by atoms with van der Waals surface area (Å²) < 4.78 is 5.27. The molecule has 104 valence electrons. The highest BCUT2D eigenvalue weighted by Gasteiger charge is 2.26. The third-order valence-corrected chi connectivity index (χ3v) is 3.93. The van der Waals surface area contributed by atoms with Crippen LogP contribution in [0.5, 0.6) is 0 Å². The number of nitrogens with one attached hydrogen (secondary N) is 1. The Morgan fingerprint density at radius 3 is 3.05 bits per heavy atom. The topological polar surface area (TPSA) is 67.9 Å². The Bertz CT molecular complexity index is 431. The third kappa shape index (κ3) is 4.38. The summed E-state index contributed by atoms with van der Waals surface area (Å²) in [5.41, 5.74) is 0. The molecule has 5 nitrogen and oxygen atoms in total. The summed E-state index contributed by atoms with van der Waals surface area (Å²) in [6.45, 7) is 2.18. The molecule has 0 saturated heterocycles. The highest BCUT2D eigenvalue weighted by atomic mass is 32.2. The van der Waals surface area contributed by atoms with Crippen molar-refractivity contribution in [3.05, 3.63) is 18.2 Å². The van der Waals surface area contributed by atoms with Crippen molar-refractivity contribution < 1.29 is 9.53 Å². The van der Waals surface area contributed by atoms with Gasteiger partial charge in [0.25, 0.3) is 0 Å². The van der Waals surface area contributed by atoms with Crippen molar-refractivity contribution in [2.45, 2.75) is 44.2 Å². The molecule has 0 aromatic carbocycles. The fourth-order valence-corrected chi connectivity index (χ4v) is 2.68. The second kappa shape index (κ2) is 7.33. The highest BCUT2D eigenvalue weighted by molar-refractivity contribution is 7.99. The van der Waals surface area contributed by atoms with E-state index in [0.29, 0.717) is 5.75 Å². The van der Waals surface area contributed by atoms with E-state index in [-0.39, 0.29) is 11.9 Å². The molecule has 0 aliphatic carbocycles. The number of ether oxygens (including phenoxy) is 1. The minimum Gasteiger partial charge on any atom is -0.430 e. The van der Waals surface area contributed by atoms with Crippen molar-refractivity contribution in [1.29, 1.82) is 0 Å². The van der Waals surface area contributed by atoms with Gasteiger partial charge in [0, 0.05) is 0 Å². The van der Waals surface area contributed by atoms with Crippen LogP contribution in [0.1, 0.15) is 39.0 Å². The van der Waals surface area contributed by atoms with Gasteiger partial charge in [0.15, 0.2) is 5.16 Å². The molecule has 0 spiro atoms. The lowest BCUT2D eigenvalue weighted by Gasteiger charge is -2.03. The van der Waals surface area contributed by atoms with Crippen molar-refractivity contribution in [3.8, 4) is 0 Å². The zero-order valence-corrected chi connectivity index (χ0v) is 11.9. The van der Waals surface area contributed by atoms with Gasteiger partial charge in [-0.1, -0.05) is 44.4 Å². The van der Waals surface area contributed by atoms with Gasteiger partial charge in [0.2, 0.25) is 0 Å². The molecule has 1 unspecified atom stereocenters. The van der Waals surface area contributed by atoms with Crippen molar-refractivity contribution >= 4 is 17.7 Å². The van der Waals surface area contributed by atoms with Crippen molar-refractivity contribution in [2.75, 3.05) is 5.75 Å². The lowest BCUT2D eigenvalue weighted by Crippen LogP contribution is -2.08. The molecule has 0 saturated carbocycles. The second-order valence-electron chi connectivity index (χ2n) is 4.59. The van der Waals surface area contributed by atoms with Crippen LogP contribution in [0.25, 0.3) is 0 Å². The summed E-state index contributed by atoms with van der Waals surface area (Å²) in [6, 6.07) is 0. The number of nitrogens with zero attached hydrogens (tertiary/aromatic N) is 2. The highest BCUT2D eigenvalue weighted by Crippen LogP contribution is 2.26. The number of H-pyrrole nitrogens is 1. The zero-order chi connectivity index (χ0) is 13.5. The molecule has 2 rings (SSSR count). The van der Waals surface area contributed by atoms with Gasteiger partial charge >= 0.3 is 5.97 Å². The number of hydrogen-bond acceptors (Lipinski definition) is 5. The van der Waals surface area contributed by atoms with E-state index < -0.39 is 0 Å². The van der Waals surface area contributed by atoms with Gasteiger partial charge in [0.05, 0.1) is 11.7 Å². The molecule has 1 N–H and O–H groups in total. The normalized spacial score (nSPS) is 18.5. The first-order valence-electron chi connectivity index (χ1n) is 6.70. The Balaban J connectivity index is 1.74. The first-order chi connectivity index (χ1) is 9.29. The van der Waals surface area contributed by atoms with Gasteiger partial charge in [-0.15, -0.1) is 0 Å². The molecule has 1 atom stereocenters. The van der Waals surface area contributed by atoms with E-state index in [9.17, 15) is 4.79 Å². The summed E-state index contributed by atoms with van der Waals surface area (Å²) in [5.74, 6) is 1.20. The average Bonchev–Trinajstić information content (AvgIpc) is 3.02. The maximum absolute atomic E-state index is 11.7. The number of aromatic amines is 1. The maximum atomic E-state index is 11.7. The first kappa shape index (κ1) is 14.1. The Kier molecular flexibility index (Phi) is 5.44. The van der Waals surface area contributed by atoms with Crippen LogP contribution in [0.2, 0.25) is 0 Å². The summed E-state index contributed by atoms with van der Waals surface area (Å²) in [7, 11) is 0. The number of esters is 1. The molecule has 1 aliphatic rings. The summed E-state index contributed by atoms with van der Waals surface area (Å²) in [5, 5.41) is 7.28. The molecular weight excluding hydrogens is 262 g/mol. The Hall–Kier alpha value is -1.30. The van der Waals surface area contributed by atoms with E-state index in [4.69, 9.17) is 4.74 Å². The number of thioether (sulfide) groups is 1. The fraction of sp³-hybridized carbons (Fsp3) is 0.615. The molecule has 0 amide bonds. The van der Waals surface area contributed by atoms with Gasteiger partial charge in [-0.25, -0.2) is 4.98 Å². The fourth-order valence-electron chi connectivity index (χ4n) is 2.00. The summed E-state index contributed by atoms with van der Waals surface area (Å²) in [4.78, 5) is 15.7. The quantitative estimate of drug-likeness (QED) is 0.451. The zero-order valence-electron chi connectivity index (χ0n) is 11.1. The smallest absolute Gasteiger partial charge is 0.318 e. The van der Waals surface area contributed by atoms with Crippen LogP contribution in [0.15, 0.2) is 23.3 Å². The molecule has 1 aromatic heterocycles. The van der Waals surface area contributed by atoms with Gasteiger partial charge < -0.3 is 4.74 Å². The molecule has 1 aromatic rings. The number of aromatic nitrogens is 3. The van der Waals surface area contributed by atoms with Crippen LogP contribution in [-0.4, -0.2) is 26.9 Å². The van der Waals surface area contributed by atoms with Gasteiger partial charge in [0.1, 0.15) is 12.1 Å². The lowest BCUT2D eigenvalue weighted by atomic mass is 10.0. The number of carbonyl (C=O) groups excluding carboxylic acids is 1. The largest absolute Gasteiger partial charge is 0.430 e. The maximum Gasteiger partial charge on any atom is 0.318 e. The minimum absolute atomic E-state index is 0.0535. The van der Waals surface area contributed by atoms with Crippen LogP contribution in [0.4, 0.5) is 0 Å². The summed E-state index contributed by atoms with van der Waals surface area (Å²) in [6.07, 6.45) is 9.05. The molecule has 6 heteroatoms. The van der Waals surface area contributed by atoms with E-state index in [1.165, 1.54) is 37.4 Å². The van der Waals surface area contributed by atoms with Crippen LogP contribution in [0.3, 0.4) is 0 Å².